The van der Waals surface area contributed by atoms with E-state index in [1.807, 2.05) is 12.1 Å². The second-order valence-corrected chi connectivity index (χ2v) is 4.33. The monoisotopic (exact) mass is 281 g/mol. The third-order valence-corrected chi connectivity index (χ3v) is 2.47. The number of rotatable bonds is 6. The molecule has 1 N–H and O–H groups in total. The van der Waals surface area contributed by atoms with Gasteiger partial charge in [-0.3, -0.25) is 4.79 Å². The van der Waals surface area contributed by atoms with E-state index in [0.29, 0.717) is 18.0 Å². The largest absolute Gasteiger partial charge is 0.462 e. The molecule has 102 valence electrons. The number of hydrogen-bond acceptors (Lipinski definition) is 3. The van der Waals surface area contributed by atoms with Crippen LogP contribution in [-0.4, -0.2) is 25.0 Å². The molecule has 0 heterocycles. The van der Waals surface area contributed by atoms with Gasteiger partial charge in [-0.05, 0) is 30.2 Å². The summed E-state index contributed by atoms with van der Waals surface area (Å²) < 4.78 is 4.97. The molecule has 0 bridgehead atoms. The smallest absolute Gasteiger partial charge is 0.330 e. The molecule has 1 amide bonds. The number of carbonyl (C=O) groups excluding carboxylic acids is 2. The van der Waals surface area contributed by atoms with Crippen LogP contribution >= 0.6 is 11.6 Å². The number of halogens is 1. The van der Waals surface area contributed by atoms with Gasteiger partial charge in [-0.15, -0.1) is 0 Å². The maximum absolute atomic E-state index is 11.4. The van der Waals surface area contributed by atoms with Crippen LogP contribution in [0.1, 0.15) is 18.9 Å². The fraction of sp³-hybridized carbons (Fsp3) is 0.286. The van der Waals surface area contributed by atoms with Crippen molar-refractivity contribution in [3.05, 3.63) is 40.9 Å². The second-order valence-electron chi connectivity index (χ2n) is 3.89. The zero-order valence-corrected chi connectivity index (χ0v) is 11.4. The van der Waals surface area contributed by atoms with Gasteiger partial charge in [0.15, 0.2) is 0 Å². The van der Waals surface area contributed by atoms with Crippen molar-refractivity contribution in [1.29, 1.82) is 0 Å². The number of nitrogens with one attached hydrogen (secondary N) is 1. The number of esters is 1. The Morgan fingerprint density at radius 1 is 1.32 bits per heavy atom. The standard InChI is InChI=1S/C14H16ClNO3/c1-11(17)16-9-2-10-19-14(18)8-5-12-3-6-13(15)7-4-12/h3-8H,2,9-10H2,1H3,(H,16,17)/b8-5+. The highest BCUT2D eigenvalue weighted by molar-refractivity contribution is 6.30. The lowest BCUT2D eigenvalue weighted by atomic mass is 10.2. The molecule has 1 rings (SSSR count). The Labute approximate surface area is 117 Å². The summed E-state index contributed by atoms with van der Waals surface area (Å²) in [6.07, 6.45) is 3.62. The van der Waals surface area contributed by atoms with Crippen molar-refractivity contribution in [2.45, 2.75) is 13.3 Å². The van der Waals surface area contributed by atoms with E-state index in [1.165, 1.54) is 13.0 Å². The maximum Gasteiger partial charge on any atom is 0.330 e. The van der Waals surface area contributed by atoms with Gasteiger partial charge in [0.25, 0.3) is 0 Å². The fourth-order valence-corrected chi connectivity index (χ4v) is 1.42. The summed E-state index contributed by atoms with van der Waals surface area (Å²) in [7, 11) is 0. The molecule has 4 nitrogen and oxygen atoms in total. The van der Waals surface area contributed by atoms with Crippen molar-refractivity contribution in [3.63, 3.8) is 0 Å². The van der Waals surface area contributed by atoms with Gasteiger partial charge in [0.2, 0.25) is 5.91 Å². The quantitative estimate of drug-likeness (QED) is 0.495. The first kappa shape index (κ1) is 15.2. The summed E-state index contributed by atoms with van der Waals surface area (Å²) in [5, 5.41) is 3.27. The summed E-state index contributed by atoms with van der Waals surface area (Å²) in [6, 6.07) is 7.12. The lowest BCUT2D eigenvalue weighted by molar-refractivity contribution is -0.137. The molecule has 0 spiro atoms. The van der Waals surface area contributed by atoms with Gasteiger partial charge in [-0.25, -0.2) is 4.79 Å². The van der Waals surface area contributed by atoms with Crippen LogP contribution in [0.4, 0.5) is 0 Å². The van der Waals surface area contributed by atoms with E-state index >= 15 is 0 Å². The molecule has 1 aromatic carbocycles. The molecular weight excluding hydrogens is 266 g/mol. The molecule has 1 aromatic rings. The molecular formula is C14H16ClNO3. The number of hydrogen-bond donors (Lipinski definition) is 1. The number of amides is 1. The van der Waals surface area contributed by atoms with E-state index in [9.17, 15) is 9.59 Å². The molecule has 0 saturated carbocycles. The summed E-state index contributed by atoms with van der Waals surface area (Å²) in [5.74, 6) is -0.494. The van der Waals surface area contributed by atoms with Gasteiger partial charge < -0.3 is 10.1 Å². The third-order valence-electron chi connectivity index (χ3n) is 2.22. The van der Waals surface area contributed by atoms with Crippen LogP contribution in [0.3, 0.4) is 0 Å². The molecule has 0 saturated heterocycles. The van der Waals surface area contributed by atoms with Crippen molar-refractivity contribution in [2.24, 2.45) is 0 Å². The molecule has 0 aliphatic heterocycles. The summed E-state index contributed by atoms with van der Waals surface area (Å²) in [6.45, 7) is 2.23. The van der Waals surface area contributed by atoms with Gasteiger partial charge >= 0.3 is 5.97 Å². The van der Waals surface area contributed by atoms with E-state index in [-0.39, 0.29) is 12.5 Å². The van der Waals surface area contributed by atoms with Crippen LogP contribution in [0.5, 0.6) is 0 Å². The molecule has 0 radical (unpaired) electrons. The van der Waals surface area contributed by atoms with Crippen molar-refractivity contribution < 1.29 is 14.3 Å². The minimum absolute atomic E-state index is 0.0889. The average molecular weight is 282 g/mol. The molecule has 19 heavy (non-hydrogen) atoms. The molecule has 0 unspecified atom stereocenters. The zero-order valence-electron chi connectivity index (χ0n) is 10.7. The Kier molecular flexibility index (Phi) is 6.68. The van der Waals surface area contributed by atoms with Crippen molar-refractivity contribution in [2.75, 3.05) is 13.2 Å². The van der Waals surface area contributed by atoms with E-state index in [2.05, 4.69) is 5.32 Å². The summed E-state index contributed by atoms with van der Waals surface area (Å²) >= 11 is 5.75. The van der Waals surface area contributed by atoms with E-state index in [1.54, 1.807) is 18.2 Å². The number of benzene rings is 1. The first-order valence-corrected chi connectivity index (χ1v) is 6.30. The number of ether oxygens (including phenoxy) is 1. The van der Waals surface area contributed by atoms with E-state index < -0.39 is 5.97 Å². The first-order chi connectivity index (χ1) is 9.08. The Bertz CT molecular complexity index is 454. The Morgan fingerprint density at radius 3 is 2.63 bits per heavy atom. The predicted molar refractivity (Wildman–Crippen MR) is 74.7 cm³/mol. The molecule has 5 heteroatoms. The minimum Gasteiger partial charge on any atom is -0.462 e. The Morgan fingerprint density at radius 2 is 2.00 bits per heavy atom. The number of carbonyl (C=O) groups is 2. The van der Waals surface area contributed by atoms with Crippen LogP contribution in [-0.2, 0) is 14.3 Å². The fourth-order valence-electron chi connectivity index (χ4n) is 1.30. The van der Waals surface area contributed by atoms with Gasteiger partial charge in [0.1, 0.15) is 0 Å². The topological polar surface area (TPSA) is 55.4 Å². The normalized spacial score (nSPS) is 10.4. The molecule has 0 atom stereocenters. The summed E-state index contributed by atoms with van der Waals surface area (Å²) in [4.78, 5) is 21.9. The predicted octanol–water partition coefficient (Wildman–Crippen LogP) is 2.42. The summed E-state index contributed by atoms with van der Waals surface area (Å²) in [5.41, 5.74) is 0.875. The van der Waals surface area contributed by atoms with Crippen LogP contribution < -0.4 is 5.32 Å². The molecule has 0 aliphatic carbocycles. The van der Waals surface area contributed by atoms with Crippen molar-refractivity contribution in [3.8, 4) is 0 Å². The Balaban J connectivity index is 2.23. The van der Waals surface area contributed by atoms with Gasteiger partial charge in [-0.2, -0.15) is 0 Å². The lowest BCUT2D eigenvalue weighted by Crippen LogP contribution is -2.22. The second kappa shape index (κ2) is 8.32. The highest BCUT2D eigenvalue weighted by Crippen LogP contribution is 2.10. The van der Waals surface area contributed by atoms with Gasteiger partial charge in [0, 0.05) is 24.6 Å². The van der Waals surface area contributed by atoms with Crippen molar-refractivity contribution in [1.82, 2.24) is 5.32 Å². The highest BCUT2D eigenvalue weighted by atomic mass is 35.5. The van der Waals surface area contributed by atoms with Gasteiger partial charge in [-0.1, -0.05) is 23.7 Å². The van der Waals surface area contributed by atoms with Crippen LogP contribution in [0.25, 0.3) is 6.08 Å². The van der Waals surface area contributed by atoms with Crippen LogP contribution in [0.15, 0.2) is 30.3 Å². The van der Waals surface area contributed by atoms with Crippen molar-refractivity contribution >= 4 is 29.6 Å². The lowest BCUT2D eigenvalue weighted by Gasteiger charge is -2.02. The van der Waals surface area contributed by atoms with E-state index in [4.69, 9.17) is 16.3 Å². The molecule has 0 aliphatic rings. The molecule has 0 aromatic heterocycles. The Hall–Kier alpha value is -1.81. The SMILES string of the molecule is CC(=O)NCCCOC(=O)/C=C/c1ccc(Cl)cc1. The van der Waals surface area contributed by atoms with Crippen LogP contribution in [0.2, 0.25) is 5.02 Å². The maximum atomic E-state index is 11.4. The first-order valence-electron chi connectivity index (χ1n) is 5.93. The van der Waals surface area contributed by atoms with E-state index in [0.717, 1.165) is 5.56 Å². The minimum atomic E-state index is -0.405. The highest BCUT2D eigenvalue weighted by Gasteiger charge is 1.97. The third kappa shape index (κ3) is 7.26. The zero-order chi connectivity index (χ0) is 14.1. The van der Waals surface area contributed by atoms with Crippen LogP contribution in [0, 0.1) is 0 Å². The average Bonchev–Trinajstić information content (AvgIpc) is 2.37. The van der Waals surface area contributed by atoms with Gasteiger partial charge in [0.05, 0.1) is 6.61 Å². The molecule has 0 fully saturated rings.